The van der Waals surface area contributed by atoms with Crippen LogP contribution in [0.4, 0.5) is 0 Å². The molecule has 1 heterocycles. The molecule has 0 saturated heterocycles. The maximum absolute atomic E-state index is 5.18. The Balaban J connectivity index is 1.98. The van der Waals surface area contributed by atoms with Crippen LogP contribution in [-0.2, 0) is 12.8 Å². The van der Waals surface area contributed by atoms with Gasteiger partial charge in [0, 0.05) is 24.0 Å². The fourth-order valence-electron chi connectivity index (χ4n) is 2.12. The molecule has 0 aliphatic rings. The summed E-state index contributed by atoms with van der Waals surface area (Å²) < 4.78 is 5.18. The Morgan fingerprint density at radius 3 is 2.63 bits per heavy atom. The maximum Gasteiger partial charge on any atom is 0.118 e. The van der Waals surface area contributed by atoms with Crippen molar-refractivity contribution in [3.63, 3.8) is 0 Å². The van der Waals surface area contributed by atoms with Gasteiger partial charge in [-0.1, -0.05) is 19.1 Å². The van der Waals surface area contributed by atoms with Gasteiger partial charge in [0.2, 0.25) is 0 Å². The lowest BCUT2D eigenvalue weighted by Crippen LogP contribution is -2.33. The van der Waals surface area contributed by atoms with Crippen molar-refractivity contribution >= 4 is 11.3 Å². The van der Waals surface area contributed by atoms with Crippen LogP contribution in [0, 0.1) is 0 Å². The average molecular weight is 276 g/mol. The third-order valence-corrected chi connectivity index (χ3v) is 3.84. The van der Waals surface area contributed by atoms with Gasteiger partial charge in [0.25, 0.3) is 0 Å². The van der Waals surface area contributed by atoms with E-state index in [0.717, 1.165) is 25.1 Å². The van der Waals surface area contributed by atoms with Gasteiger partial charge in [0.15, 0.2) is 0 Å². The van der Waals surface area contributed by atoms with Crippen molar-refractivity contribution in [2.75, 3.05) is 13.7 Å². The van der Waals surface area contributed by atoms with Crippen molar-refractivity contribution < 1.29 is 4.74 Å². The Labute approximate surface area is 118 Å². The zero-order chi connectivity index (χ0) is 13.5. The predicted molar refractivity (Wildman–Crippen MR) is 80.0 cm³/mol. The normalized spacial score (nSPS) is 12.3. The highest BCUT2D eigenvalue weighted by atomic mass is 32.1. The molecule has 2 aromatic rings. The predicted octanol–water partition coefficient (Wildman–Crippen LogP) is 2.92. The fourth-order valence-corrected chi connectivity index (χ4v) is 2.81. The van der Waals surface area contributed by atoms with Gasteiger partial charge >= 0.3 is 0 Å². The second-order valence-corrected chi connectivity index (χ2v) is 5.42. The third kappa shape index (κ3) is 4.33. The third-order valence-electron chi connectivity index (χ3n) is 3.04. The van der Waals surface area contributed by atoms with E-state index in [1.165, 1.54) is 10.6 Å². The van der Waals surface area contributed by atoms with E-state index in [1.807, 2.05) is 23.7 Å². The molecular formula is C15H20N2OS. The highest BCUT2D eigenvalue weighted by Gasteiger charge is 2.11. The van der Waals surface area contributed by atoms with Gasteiger partial charge in [0.05, 0.1) is 12.1 Å². The number of ether oxygens (including phenoxy) is 1. The van der Waals surface area contributed by atoms with Crippen LogP contribution >= 0.6 is 11.3 Å². The lowest BCUT2D eigenvalue weighted by atomic mass is 10.0. The smallest absolute Gasteiger partial charge is 0.118 e. The van der Waals surface area contributed by atoms with Crippen molar-refractivity contribution in [1.29, 1.82) is 0 Å². The van der Waals surface area contributed by atoms with E-state index in [4.69, 9.17) is 4.74 Å². The van der Waals surface area contributed by atoms with Gasteiger partial charge in [-0.3, -0.25) is 0 Å². The first-order valence-corrected chi connectivity index (χ1v) is 7.44. The van der Waals surface area contributed by atoms with Crippen LogP contribution in [0.25, 0.3) is 0 Å². The number of nitrogens with zero attached hydrogens (tertiary/aromatic N) is 1. The number of likely N-dealkylation sites (N-methyl/N-ethyl adjacent to an activating group) is 1. The summed E-state index contributed by atoms with van der Waals surface area (Å²) in [4.78, 5) is 4.37. The molecule has 3 nitrogen and oxygen atoms in total. The fraction of sp³-hybridized carbons (Fsp3) is 0.400. The first kappa shape index (κ1) is 14.0. The molecule has 1 aromatic heterocycles. The van der Waals surface area contributed by atoms with E-state index in [-0.39, 0.29) is 0 Å². The molecule has 1 aromatic carbocycles. The van der Waals surface area contributed by atoms with Crippen LogP contribution in [0.15, 0.2) is 35.8 Å². The van der Waals surface area contributed by atoms with Crippen molar-refractivity contribution in [3.8, 4) is 5.75 Å². The Morgan fingerprint density at radius 1 is 1.26 bits per heavy atom. The van der Waals surface area contributed by atoms with Crippen LogP contribution in [0.5, 0.6) is 5.75 Å². The summed E-state index contributed by atoms with van der Waals surface area (Å²) in [5, 5.41) is 6.76. The van der Waals surface area contributed by atoms with Crippen LogP contribution < -0.4 is 10.1 Å². The van der Waals surface area contributed by atoms with Crippen molar-refractivity contribution in [3.05, 3.63) is 46.4 Å². The summed E-state index contributed by atoms with van der Waals surface area (Å²) in [5.41, 5.74) is 1.32. The molecule has 2 rings (SSSR count). The van der Waals surface area contributed by atoms with Gasteiger partial charge in [-0.2, -0.15) is 0 Å². The Morgan fingerprint density at radius 2 is 2.05 bits per heavy atom. The zero-order valence-corrected chi connectivity index (χ0v) is 12.2. The molecule has 0 aliphatic carbocycles. The first-order chi connectivity index (χ1) is 9.31. The summed E-state index contributed by atoms with van der Waals surface area (Å²) in [6, 6.07) is 8.73. The summed E-state index contributed by atoms with van der Waals surface area (Å²) in [6.07, 6.45) is 3.87. The highest BCUT2D eigenvalue weighted by Crippen LogP contribution is 2.15. The van der Waals surface area contributed by atoms with E-state index in [1.54, 1.807) is 18.4 Å². The Hall–Kier alpha value is -1.39. The molecule has 1 N–H and O–H groups in total. The van der Waals surface area contributed by atoms with Gasteiger partial charge in [-0.25, -0.2) is 4.98 Å². The standard InChI is InChI=1S/C15H20N2OS/c1-3-16-13(11-15-17-8-9-19-15)10-12-4-6-14(18-2)7-5-12/h4-9,13,16H,3,10-11H2,1-2H3. The Bertz CT molecular complexity index is 467. The lowest BCUT2D eigenvalue weighted by molar-refractivity contribution is 0.414. The summed E-state index contributed by atoms with van der Waals surface area (Å²) in [6.45, 7) is 3.12. The van der Waals surface area contributed by atoms with E-state index < -0.39 is 0 Å². The van der Waals surface area contributed by atoms with Crippen molar-refractivity contribution in [1.82, 2.24) is 10.3 Å². The summed E-state index contributed by atoms with van der Waals surface area (Å²) in [7, 11) is 1.69. The molecule has 0 spiro atoms. The minimum atomic E-state index is 0.435. The number of benzene rings is 1. The molecule has 0 radical (unpaired) electrons. The number of hydrogen-bond acceptors (Lipinski definition) is 4. The second kappa shape index (κ2) is 7.26. The maximum atomic E-state index is 5.18. The average Bonchev–Trinajstić information content (AvgIpc) is 2.93. The summed E-state index contributed by atoms with van der Waals surface area (Å²) >= 11 is 1.72. The molecule has 4 heteroatoms. The molecule has 1 atom stereocenters. The summed E-state index contributed by atoms with van der Waals surface area (Å²) in [5.74, 6) is 0.906. The number of methoxy groups -OCH3 is 1. The van der Waals surface area contributed by atoms with Crippen molar-refractivity contribution in [2.45, 2.75) is 25.8 Å². The topological polar surface area (TPSA) is 34.1 Å². The van der Waals surface area contributed by atoms with Crippen LogP contribution in [0.2, 0.25) is 0 Å². The molecular weight excluding hydrogens is 256 g/mol. The monoisotopic (exact) mass is 276 g/mol. The minimum Gasteiger partial charge on any atom is -0.497 e. The number of aromatic nitrogens is 1. The van der Waals surface area contributed by atoms with Gasteiger partial charge in [0.1, 0.15) is 5.75 Å². The molecule has 1 unspecified atom stereocenters. The quantitative estimate of drug-likeness (QED) is 0.844. The largest absolute Gasteiger partial charge is 0.497 e. The second-order valence-electron chi connectivity index (χ2n) is 4.44. The molecule has 0 saturated carbocycles. The van der Waals surface area contributed by atoms with Gasteiger partial charge < -0.3 is 10.1 Å². The van der Waals surface area contributed by atoms with E-state index >= 15 is 0 Å². The number of nitrogens with one attached hydrogen (secondary N) is 1. The number of rotatable bonds is 7. The van der Waals surface area contributed by atoms with Gasteiger partial charge in [-0.15, -0.1) is 11.3 Å². The number of hydrogen-bond donors (Lipinski definition) is 1. The van der Waals surface area contributed by atoms with Crippen LogP contribution in [0.3, 0.4) is 0 Å². The number of thiazole rings is 1. The lowest BCUT2D eigenvalue weighted by Gasteiger charge is -2.17. The zero-order valence-electron chi connectivity index (χ0n) is 11.4. The molecule has 0 fully saturated rings. The van der Waals surface area contributed by atoms with Crippen LogP contribution in [0.1, 0.15) is 17.5 Å². The molecule has 0 amide bonds. The van der Waals surface area contributed by atoms with Crippen molar-refractivity contribution in [2.24, 2.45) is 0 Å². The highest BCUT2D eigenvalue weighted by molar-refractivity contribution is 7.09. The molecule has 0 aliphatic heterocycles. The van der Waals surface area contributed by atoms with Gasteiger partial charge in [-0.05, 0) is 30.7 Å². The molecule has 0 bridgehead atoms. The van der Waals surface area contributed by atoms with E-state index in [2.05, 4.69) is 29.4 Å². The molecule has 19 heavy (non-hydrogen) atoms. The minimum absolute atomic E-state index is 0.435. The van der Waals surface area contributed by atoms with E-state index in [9.17, 15) is 0 Å². The SMILES string of the molecule is CCNC(Cc1ccc(OC)cc1)Cc1nccs1. The van der Waals surface area contributed by atoms with Crippen LogP contribution in [-0.4, -0.2) is 24.7 Å². The van der Waals surface area contributed by atoms with E-state index in [0.29, 0.717) is 6.04 Å². The Kier molecular flexibility index (Phi) is 5.36. The first-order valence-electron chi connectivity index (χ1n) is 6.56. The molecule has 102 valence electrons.